The van der Waals surface area contributed by atoms with Gasteiger partial charge in [-0.3, -0.25) is 9.36 Å². The normalized spacial score (nSPS) is 14.3. The molecule has 0 saturated heterocycles. The third-order valence-corrected chi connectivity index (χ3v) is 4.67. The molecule has 2 N–H and O–H groups in total. The Morgan fingerprint density at radius 3 is 2.63 bits per heavy atom. The molecule has 1 aliphatic rings. The van der Waals surface area contributed by atoms with Crippen LogP contribution in [0.15, 0.2) is 33.8 Å². The van der Waals surface area contributed by atoms with Crippen molar-refractivity contribution < 1.29 is 17.6 Å². The minimum atomic E-state index is -0.916. The smallest absolute Gasteiger partial charge is 0.282 e. The van der Waals surface area contributed by atoms with Crippen molar-refractivity contribution in [3.8, 4) is 11.3 Å². The second-order valence-electron chi connectivity index (χ2n) is 6.48. The molecule has 136 valence electrons. The number of rotatable bonds is 2. The van der Waals surface area contributed by atoms with E-state index in [0.29, 0.717) is 0 Å². The van der Waals surface area contributed by atoms with E-state index in [9.17, 15) is 18.0 Å². The lowest BCUT2D eigenvalue weighted by Crippen LogP contribution is -2.21. The second kappa shape index (κ2) is 5.32. The van der Waals surface area contributed by atoms with Crippen molar-refractivity contribution in [2.75, 3.05) is 5.73 Å². The summed E-state index contributed by atoms with van der Waals surface area (Å²) >= 11 is 0. The standard InChI is InChI=1S/C18H11F3N4O2/c19-10-5-13(22)11(20)3-8(10)14-12(21)4-9-16-15(23-6-27-16)18(26)25(7-1-2-7)17(9)24-14/h3-7H,1-2,22H2. The summed E-state index contributed by atoms with van der Waals surface area (Å²) in [6.45, 7) is 0. The van der Waals surface area contributed by atoms with E-state index in [0.717, 1.165) is 37.4 Å². The van der Waals surface area contributed by atoms with Gasteiger partial charge in [0.2, 0.25) is 0 Å². The van der Waals surface area contributed by atoms with Gasteiger partial charge in [0, 0.05) is 17.7 Å². The maximum Gasteiger partial charge on any atom is 0.282 e. The summed E-state index contributed by atoms with van der Waals surface area (Å²) in [5, 5.41) is 0.242. The topological polar surface area (TPSA) is 86.9 Å². The molecule has 0 spiro atoms. The van der Waals surface area contributed by atoms with Gasteiger partial charge in [-0.25, -0.2) is 23.1 Å². The highest BCUT2D eigenvalue weighted by atomic mass is 19.1. The minimum absolute atomic E-state index is 0.0769. The molecule has 1 aliphatic carbocycles. The van der Waals surface area contributed by atoms with Gasteiger partial charge in [0.25, 0.3) is 5.56 Å². The van der Waals surface area contributed by atoms with E-state index in [4.69, 9.17) is 10.2 Å². The van der Waals surface area contributed by atoms with Gasteiger partial charge in [0.1, 0.15) is 28.8 Å². The van der Waals surface area contributed by atoms with Gasteiger partial charge in [-0.05, 0) is 25.0 Å². The number of anilines is 1. The Morgan fingerprint density at radius 2 is 1.89 bits per heavy atom. The molecule has 9 heteroatoms. The number of nitrogens with zero attached hydrogens (tertiary/aromatic N) is 3. The van der Waals surface area contributed by atoms with Crippen LogP contribution in [0.2, 0.25) is 0 Å². The summed E-state index contributed by atoms with van der Waals surface area (Å²) in [5.41, 5.74) is 4.07. The van der Waals surface area contributed by atoms with E-state index < -0.39 is 34.4 Å². The van der Waals surface area contributed by atoms with Gasteiger partial charge in [0.05, 0.1) is 11.1 Å². The first-order chi connectivity index (χ1) is 13.0. The van der Waals surface area contributed by atoms with Crippen LogP contribution in [-0.2, 0) is 0 Å². The molecule has 27 heavy (non-hydrogen) atoms. The van der Waals surface area contributed by atoms with Gasteiger partial charge in [0.15, 0.2) is 17.5 Å². The van der Waals surface area contributed by atoms with Gasteiger partial charge >= 0.3 is 0 Å². The maximum atomic E-state index is 14.8. The van der Waals surface area contributed by atoms with E-state index in [1.807, 2.05) is 0 Å². The van der Waals surface area contributed by atoms with Gasteiger partial charge < -0.3 is 10.2 Å². The van der Waals surface area contributed by atoms with Crippen LogP contribution in [-0.4, -0.2) is 14.5 Å². The largest absolute Gasteiger partial charge is 0.442 e. The monoisotopic (exact) mass is 372 g/mol. The highest BCUT2D eigenvalue weighted by Gasteiger charge is 2.30. The fraction of sp³-hybridized carbons (Fsp3) is 0.167. The number of hydrogen-bond donors (Lipinski definition) is 1. The van der Waals surface area contributed by atoms with E-state index in [1.54, 1.807) is 0 Å². The molecular weight excluding hydrogens is 361 g/mol. The van der Waals surface area contributed by atoms with Crippen LogP contribution in [0.1, 0.15) is 18.9 Å². The summed E-state index contributed by atoms with van der Waals surface area (Å²) in [7, 11) is 0. The Bertz CT molecular complexity index is 1310. The Morgan fingerprint density at radius 1 is 1.11 bits per heavy atom. The molecule has 6 nitrogen and oxygen atoms in total. The molecule has 0 amide bonds. The van der Waals surface area contributed by atoms with E-state index in [1.165, 1.54) is 4.57 Å². The molecule has 5 rings (SSSR count). The number of hydrogen-bond acceptors (Lipinski definition) is 5. The number of nitrogen functional groups attached to an aromatic ring is 1. The Kier molecular flexibility index (Phi) is 3.13. The lowest BCUT2D eigenvalue weighted by Gasteiger charge is -2.12. The number of nitrogens with two attached hydrogens (primary N) is 1. The minimum Gasteiger partial charge on any atom is -0.442 e. The summed E-state index contributed by atoms with van der Waals surface area (Å²) in [4.78, 5) is 20.8. The molecule has 0 aliphatic heterocycles. The number of aromatic nitrogens is 3. The molecule has 0 bridgehead atoms. The Balaban J connectivity index is 1.90. The van der Waals surface area contributed by atoms with Crippen molar-refractivity contribution in [1.82, 2.24) is 14.5 Å². The predicted molar refractivity (Wildman–Crippen MR) is 91.6 cm³/mol. The van der Waals surface area contributed by atoms with Crippen LogP contribution in [0.25, 0.3) is 33.4 Å². The molecule has 1 fully saturated rings. The Labute approximate surface area is 149 Å². The zero-order valence-electron chi connectivity index (χ0n) is 13.7. The number of oxazole rings is 1. The average Bonchev–Trinajstić information content (AvgIpc) is 3.33. The molecular formula is C18H11F3N4O2. The van der Waals surface area contributed by atoms with Gasteiger partial charge in [-0.2, -0.15) is 0 Å². The Hall–Kier alpha value is -3.36. The zero-order valence-corrected chi connectivity index (χ0v) is 13.7. The number of fused-ring (bicyclic) bond motifs is 3. The highest BCUT2D eigenvalue weighted by molar-refractivity contribution is 6.00. The molecule has 0 radical (unpaired) electrons. The summed E-state index contributed by atoms with van der Waals surface area (Å²) in [6, 6.07) is 2.55. The molecule has 0 atom stereocenters. The van der Waals surface area contributed by atoms with Crippen molar-refractivity contribution in [3.05, 3.63) is 52.4 Å². The van der Waals surface area contributed by atoms with Crippen LogP contribution in [0.5, 0.6) is 0 Å². The molecule has 3 heterocycles. The van der Waals surface area contributed by atoms with Gasteiger partial charge in [-0.15, -0.1) is 0 Å². The number of halogens is 3. The summed E-state index contributed by atoms with van der Waals surface area (Å²) in [5.74, 6) is -2.69. The van der Waals surface area contributed by atoms with Crippen LogP contribution < -0.4 is 11.3 Å². The van der Waals surface area contributed by atoms with Gasteiger partial charge in [-0.1, -0.05) is 0 Å². The van der Waals surface area contributed by atoms with Crippen LogP contribution in [0, 0.1) is 17.5 Å². The third-order valence-electron chi connectivity index (χ3n) is 4.67. The lowest BCUT2D eigenvalue weighted by molar-refractivity contribution is 0.596. The van der Waals surface area contributed by atoms with Crippen LogP contribution >= 0.6 is 0 Å². The first-order valence-electron chi connectivity index (χ1n) is 8.18. The average molecular weight is 372 g/mol. The third kappa shape index (κ3) is 2.24. The fourth-order valence-corrected chi connectivity index (χ4v) is 3.23. The number of pyridine rings is 2. The first kappa shape index (κ1) is 15.9. The van der Waals surface area contributed by atoms with Crippen LogP contribution in [0.4, 0.5) is 18.9 Å². The first-order valence-corrected chi connectivity index (χ1v) is 8.18. The van der Waals surface area contributed by atoms with Crippen LogP contribution in [0.3, 0.4) is 0 Å². The SMILES string of the molecule is Nc1cc(F)c(-c2nc3c(cc2F)c2ocnc2c(=O)n3C2CC2)cc1F. The number of benzene rings is 1. The zero-order chi connectivity index (χ0) is 18.9. The fourth-order valence-electron chi connectivity index (χ4n) is 3.23. The molecule has 3 aromatic heterocycles. The molecule has 4 aromatic rings. The van der Waals surface area contributed by atoms with Crippen molar-refractivity contribution in [3.63, 3.8) is 0 Å². The van der Waals surface area contributed by atoms with Crippen molar-refractivity contribution in [1.29, 1.82) is 0 Å². The predicted octanol–water partition coefficient (Wildman–Crippen LogP) is 3.54. The van der Waals surface area contributed by atoms with E-state index in [-0.39, 0.29) is 33.7 Å². The summed E-state index contributed by atoms with van der Waals surface area (Å²) in [6.07, 6.45) is 2.62. The molecule has 1 saturated carbocycles. The summed E-state index contributed by atoms with van der Waals surface area (Å²) < 4.78 is 49.5. The second-order valence-corrected chi connectivity index (χ2v) is 6.48. The van der Waals surface area contributed by atoms with Crippen molar-refractivity contribution in [2.45, 2.75) is 18.9 Å². The van der Waals surface area contributed by atoms with Crippen molar-refractivity contribution in [2.24, 2.45) is 0 Å². The maximum absolute atomic E-state index is 14.8. The molecule has 0 unspecified atom stereocenters. The lowest BCUT2D eigenvalue weighted by atomic mass is 10.1. The van der Waals surface area contributed by atoms with E-state index >= 15 is 0 Å². The highest BCUT2D eigenvalue weighted by Crippen LogP contribution is 2.38. The van der Waals surface area contributed by atoms with E-state index in [2.05, 4.69) is 9.97 Å². The van der Waals surface area contributed by atoms with Crippen molar-refractivity contribution >= 4 is 27.8 Å². The quantitative estimate of drug-likeness (QED) is 0.544. The molecule has 1 aromatic carbocycles.